The van der Waals surface area contributed by atoms with Crippen LogP contribution in [-0.4, -0.2) is 17.6 Å². The Balaban J connectivity index is 3.23. The van der Waals surface area contributed by atoms with Gasteiger partial charge in [-0.1, -0.05) is 12.2 Å². The van der Waals surface area contributed by atoms with Gasteiger partial charge in [-0.2, -0.15) is 0 Å². The molecule has 80 valence electrons. The van der Waals surface area contributed by atoms with Gasteiger partial charge in [0.15, 0.2) is 0 Å². The molecule has 0 fully saturated rings. The third-order valence-electron chi connectivity index (χ3n) is 1.83. The average Bonchev–Trinajstić information content (AvgIpc) is 2.16. The van der Waals surface area contributed by atoms with E-state index < -0.39 is 11.8 Å². The Labute approximate surface area is 86.0 Å². The fourth-order valence-electron chi connectivity index (χ4n) is 1.11. The molecule has 1 aromatic carbocycles. The smallest absolute Gasteiger partial charge is 0.337 e. The van der Waals surface area contributed by atoms with Gasteiger partial charge in [0, 0.05) is 17.8 Å². The largest absolute Gasteiger partial charge is 0.478 e. The van der Waals surface area contributed by atoms with Crippen LogP contribution in [0, 0.1) is 5.82 Å². The maximum Gasteiger partial charge on any atom is 0.337 e. The lowest BCUT2D eigenvalue weighted by atomic mass is 10.1. The van der Waals surface area contributed by atoms with E-state index in [1.165, 1.54) is 18.2 Å². The topological polar surface area (TPSA) is 89.3 Å². The number of halogens is 1. The summed E-state index contributed by atoms with van der Waals surface area (Å²) >= 11 is 0. The number of rotatable bonds is 3. The van der Waals surface area contributed by atoms with Crippen molar-refractivity contribution in [3.63, 3.8) is 0 Å². The van der Waals surface area contributed by atoms with Gasteiger partial charge < -0.3 is 16.6 Å². The molecule has 0 saturated carbocycles. The molecule has 0 aromatic heterocycles. The van der Waals surface area contributed by atoms with Crippen LogP contribution in [-0.2, 0) is 0 Å². The predicted molar refractivity (Wildman–Crippen MR) is 55.9 cm³/mol. The predicted octanol–water partition coefficient (Wildman–Crippen LogP) is 1.08. The molecule has 0 bridgehead atoms. The van der Waals surface area contributed by atoms with Crippen molar-refractivity contribution in [3.8, 4) is 0 Å². The second kappa shape index (κ2) is 4.56. The Bertz CT molecular complexity index is 416. The summed E-state index contributed by atoms with van der Waals surface area (Å²) in [4.78, 5) is 10.7. The first-order valence-corrected chi connectivity index (χ1v) is 4.25. The zero-order valence-electron chi connectivity index (χ0n) is 7.90. The van der Waals surface area contributed by atoms with E-state index in [9.17, 15) is 9.18 Å². The highest BCUT2D eigenvalue weighted by molar-refractivity contribution is 5.94. The lowest BCUT2D eigenvalue weighted by Crippen LogP contribution is -2.04. The van der Waals surface area contributed by atoms with Crippen LogP contribution in [0.25, 0.3) is 6.08 Å². The molecule has 0 amide bonds. The second-order valence-corrected chi connectivity index (χ2v) is 2.90. The van der Waals surface area contributed by atoms with Gasteiger partial charge in [0.2, 0.25) is 0 Å². The van der Waals surface area contributed by atoms with Crippen molar-refractivity contribution in [2.75, 3.05) is 12.3 Å². The van der Waals surface area contributed by atoms with Crippen molar-refractivity contribution >= 4 is 17.7 Å². The van der Waals surface area contributed by atoms with E-state index in [-0.39, 0.29) is 23.4 Å². The summed E-state index contributed by atoms with van der Waals surface area (Å²) in [6.07, 6.45) is 2.95. The molecule has 0 aliphatic carbocycles. The van der Waals surface area contributed by atoms with Crippen molar-refractivity contribution < 1.29 is 14.3 Å². The first-order chi connectivity index (χ1) is 7.06. The third kappa shape index (κ3) is 2.54. The van der Waals surface area contributed by atoms with Crippen LogP contribution in [0.1, 0.15) is 15.9 Å². The normalized spacial score (nSPS) is 10.8. The molecule has 0 saturated heterocycles. The Morgan fingerprint density at radius 3 is 2.73 bits per heavy atom. The van der Waals surface area contributed by atoms with E-state index in [1.54, 1.807) is 0 Å². The van der Waals surface area contributed by atoms with Crippen molar-refractivity contribution in [2.24, 2.45) is 5.73 Å². The summed E-state index contributed by atoms with van der Waals surface area (Å²) in [6.45, 7) is 0.256. The number of carboxylic acid groups (broad SMARTS) is 1. The van der Waals surface area contributed by atoms with Gasteiger partial charge in [-0.05, 0) is 12.1 Å². The van der Waals surface area contributed by atoms with Crippen LogP contribution in [0.4, 0.5) is 10.1 Å². The van der Waals surface area contributed by atoms with Crippen LogP contribution >= 0.6 is 0 Å². The Kier molecular flexibility index (Phi) is 3.41. The number of benzene rings is 1. The number of anilines is 1. The minimum absolute atomic E-state index is 0.0927. The standard InChI is InChI=1S/C10H11FN2O2/c11-8-5-9(13)7(10(14)15)4-6(8)2-1-3-12/h1-2,4-5H,3,12-13H2,(H,14,15). The number of nitrogen functional groups attached to an aromatic ring is 1. The Hall–Kier alpha value is -1.88. The van der Waals surface area contributed by atoms with Crippen LogP contribution in [0.3, 0.4) is 0 Å². The highest BCUT2D eigenvalue weighted by Gasteiger charge is 2.11. The molecule has 0 aliphatic heterocycles. The average molecular weight is 210 g/mol. The molecule has 1 rings (SSSR count). The maximum absolute atomic E-state index is 13.3. The van der Waals surface area contributed by atoms with E-state index in [4.69, 9.17) is 16.6 Å². The van der Waals surface area contributed by atoms with Crippen molar-refractivity contribution in [2.45, 2.75) is 0 Å². The summed E-state index contributed by atoms with van der Waals surface area (Å²) in [5.41, 5.74) is 10.5. The SMILES string of the molecule is NCC=Cc1cc(C(=O)O)c(N)cc1F. The monoisotopic (exact) mass is 210 g/mol. The molecular formula is C10H11FN2O2. The Morgan fingerprint density at radius 2 is 2.20 bits per heavy atom. The molecule has 5 N–H and O–H groups in total. The number of aromatic carboxylic acids is 1. The minimum atomic E-state index is -1.19. The maximum atomic E-state index is 13.3. The highest BCUT2D eigenvalue weighted by atomic mass is 19.1. The van der Waals surface area contributed by atoms with Gasteiger partial charge in [-0.3, -0.25) is 0 Å². The zero-order chi connectivity index (χ0) is 11.4. The van der Waals surface area contributed by atoms with Crippen molar-refractivity contribution in [3.05, 3.63) is 35.2 Å². The molecule has 0 atom stereocenters. The fraction of sp³-hybridized carbons (Fsp3) is 0.100. The van der Waals surface area contributed by atoms with E-state index in [2.05, 4.69) is 0 Å². The van der Waals surface area contributed by atoms with Crippen LogP contribution < -0.4 is 11.5 Å². The lowest BCUT2D eigenvalue weighted by molar-refractivity contribution is 0.0698. The summed E-state index contributed by atoms with van der Waals surface area (Å²) in [6, 6.07) is 2.17. The number of hydrogen-bond donors (Lipinski definition) is 3. The molecule has 0 radical (unpaired) electrons. The van der Waals surface area contributed by atoms with Gasteiger partial charge in [-0.25, -0.2) is 9.18 Å². The van der Waals surface area contributed by atoms with Crippen LogP contribution in [0.5, 0.6) is 0 Å². The molecule has 4 nitrogen and oxygen atoms in total. The first-order valence-electron chi connectivity index (χ1n) is 4.25. The first kappa shape index (κ1) is 11.2. The molecular weight excluding hydrogens is 199 g/mol. The summed E-state index contributed by atoms with van der Waals surface area (Å²) < 4.78 is 13.3. The van der Waals surface area contributed by atoms with E-state index >= 15 is 0 Å². The van der Waals surface area contributed by atoms with E-state index in [0.717, 1.165) is 6.07 Å². The van der Waals surface area contributed by atoms with Crippen LogP contribution in [0.15, 0.2) is 18.2 Å². The van der Waals surface area contributed by atoms with E-state index in [1.807, 2.05) is 0 Å². The zero-order valence-corrected chi connectivity index (χ0v) is 7.90. The molecule has 0 spiro atoms. The fourth-order valence-corrected chi connectivity index (χ4v) is 1.11. The quantitative estimate of drug-likeness (QED) is 0.651. The molecule has 5 heteroatoms. The lowest BCUT2D eigenvalue weighted by Gasteiger charge is -2.03. The number of carbonyl (C=O) groups is 1. The molecule has 0 unspecified atom stereocenters. The molecule has 0 aliphatic rings. The number of nitrogens with two attached hydrogens (primary N) is 2. The van der Waals surface area contributed by atoms with Gasteiger partial charge in [0.05, 0.1) is 5.56 Å². The van der Waals surface area contributed by atoms with Gasteiger partial charge in [0.1, 0.15) is 5.82 Å². The highest BCUT2D eigenvalue weighted by Crippen LogP contribution is 2.19. The van der Waals surface area contributed by atoms with Gasteiger partial charge in [-0.15, -0.1) is 0 Å². The van der Waals surface area contributed by atoms with Gasteiger partial charge >= 0.3 is 5.97 Å². The Morgan fingerprint density at radius 1 is 1.53 bits per heavy atom. The van der Waals surface area contributed by atoms with Crippen molar-refractivity contribution in [1.29, 1.82) is 0 Å². The van der Waals surface area contributed by atoms with Crippen LogP contribution in [0.2, 0.25) is 0 Å². The summed E-state index contributed by atoms with van der Waals surface area (Å²) in [5.74, 6) is -1.75. The molecule has 15 heavy (non-hydrogen) atoms. The number of carboxylic acids is 1. The third-order valence-corrected chi connectivity index (χ3v) is 1.83. The van der Waals surface area contributed by atoms with Gasteiger partial charge in [0.25, 0.3) is 0 Å². The number of hydrogen-bond acceptors (Lipinski definition) is 3. The molecule has 1 aromatic rings. The summed E-state index contributed by atoms with van der Waals surface area (Å²) in [7, 11) is 0. The minimum Gasteiger partial charge on any atom is -0.478 e. The van der Waals surface area contributed by atoms with Crippen molar-refractivity contribution in [1.82, 2.24) is 0 Å². The second-order valence-electron chi connectivity index (χ2n) is 2.90. The summed E-state index contributed by atoms with van der Waals surface area (Å²) in [5, 5.41) is 8.76. The molecule has 0 heterocycles. The van der Waals surface area contributed by atoms with E-state index in [0.29, 0.717) is 0 Å².